The van der Waals surface area contributed by atoms with Gasteiger partial charge in [-0.25, -0.2) is 0 Å². The number of nitrogens with one attached hydrogen (secondary N) is 1. The molecule has 0 amide bonds. The molecule has 0 spiro atoms. The number of benzene rings is 1. The Bertz CT molecular complexity index is 985. The molecule has 0 bridgehead atoms. The van der Waals surface area contributed by atoms with Crippen molar-refractivity contribution in [2.45, 2.75) is 46.7 Å². The van der Waals surface area contributed by atoms with Crippen LogP contribution in [0.25, 0.3) is 0 Å². The minimum atomic E-state index is -0.287. The minimum Gasteiger partial charge on any atom is -0.355 e. The van der Waals surface area contributed by atoms with Crippen LogP contribution in [0.15, 0.2) is 41.8 Å². The second-order valence-corrected chi connectivity index (χ2v) is 8.41. The van der Waals surface area contributed by atoms with E-state index < -0.39 is 0 Å². The number of hydrogen-bond donors (Lipinski definition) is 2. The van der Waals surface area contributed by atoms with E-state index in [9.17, 15) is 9.59 Å². The zero-order chi connectivity index (χ0) is 20.4. The smallest absolute Gasteiger partial charge is 0.235 e. The van der Waals surface area contributed by atoms with E-state index >= 15 is 0 Å². The van der Waals surface area contributed by atoms with E-state index in [1.165, 1.54) is 22.9 Å². The Hall–Kier alpha value is -2.50. The molecule has 0 aliphatic carbocycles. The van der Waals surface area contributed by atoms with Crippen LogP contribution in [0.4, 0.5) is 0 Å². The molecular formula is C23H27N2O2S+. The van der Waals surface area contributed by atoms with Crippen molar-refractivity contribution in [3.8, 4) is 0 Å². The Balaban J connectivity index is 1.89. The average molecular weight is 396 g/mol. The Kier molecular flexibility index (Phi) is 5.96. The van der Waals surface area contributed by atoms with E-state index in [0.717, 1.165) is 11.3 Å². The largest absolute Gasteiger partial charge is 0.355 e. The predicted molar refractivity (Wildman–Crippen MR) is 113 cm³/mol. The van der Waals surface area contributed by atoms with Crippen LogP contribution in [-0.2, 0) is 0 Å². The fraction of sp³-hybridized carbons (Fsp3) is 0.304. The number of quaternary nitrogens is 1. The number of Topliss-reactive ketones (excluding diaryl/α,β-unsaturated/α-hetero) is 2. The molecule has 0 aliphatic rings. The molecule has 0 aliphatic heterocycles. The molecule has 1 aromatic carbocycles. The van der Waals surface area contributed by atoms with E-state index in [0.29, 0.717) is 11.3 Å². The summed E-state index contributed by atoms with van der Waals surface area (Å²) in [4.78, 5) is 29.4. The number of aromatic amines is 1. The fourth-order valence-corrected chi connectivity index (χ4v) is 4.57. The molecule has 28 heavy (non-hydrogen) atoms. The number of H-pyrrole nitrogens is 1. The lowest BCUT2D eigenvalue weighted by molar-refractivity contribution is -0.703. The van der Waals surface area contributed by atoms with Crippen molar-refractivity contribution in [1.29, 1.82) is 0 Å². The van der Waals surface area contributed by atoms with E-state index in [4.69, 9.17) is 0 Å². The predicted octanol–water partition coefficient (Wildman–Crippen LogP) is 4.13. The second kappa shape index (κ2) is 8.25. The fourth-order valence-electron chi connectivity index (χ4n) is 3.74. The summed E-state index contributed by atoms with van der Waals surface area (Å²) in [7, 11) is 0. The highest BCUT2D eigenvalue weighted by Gasteiger charge is 2.29. The van der Waals surface area contributed by atoms with Crippen molar-refractivity contribution >= 4 is 22.9 Å². The molecule has 2 atom stereocenters. The van der Waals surface area contributed by atoms with Gasteiger partial charge in [0, 0.05) is 16.8 Å². The summed E-state index contributed by atoms with van der Waals surface area (Å²) >= 11 is 1.70. The number of aryl methyl sites for hydroxylation is 2. The monoisotopic (exact) mass is 395 g/mol. The number of carbonyl (C=O) groups excluding carboxylic acids is 2. The van der Waals surface area contributed by atoms with Crippen molar-refractivity contribution in [3.05, 3.63) is 80.3 Å². The molecule has 4 nitrogen and oxygen atoms in total. The Morgan fingerprint density at radius 1 is 1.07 bits per heavy atom. The molecule has 3 N–H and O–H groups in total. The number of rotatable bonds is 7. The summed E-state index contributed by atoms with van der Waals surface area (Å²) in [5.74, 6) is -0.000169. The van der Waals surface area contributed by atoms with Crippen molar-refractivity contribution < 1.29 is 14.9 Å². The molecule has 0 radical (unpaired) electrons. The average Bonchev–Trinajstić information content (AvgIpc) is 3.27. The summed E-state index contributed by atoms with van der Waals surface area (Å²) in [6.45, 7) is 9.23. The van der Waals surface area contributed by atoms with E-state index in [1.807, 2.05) is 26.8 Å². The number of carbonyl (C=O) groups is 2. The zero-order valence-corrected chi connectivity index (χ0v) is 17.8. The number of thiophene rings is 1. The third kappa shape index (κ3) is 4.01. The molecule has 3 aromatic rings. The third-order valence-electron chi connectivity index (χ3n) is 5.22. The molecule has 0 unspecified atom stereocenters. The normalized spacial score (nSPS) is 13.3. The van der Waals surface area contributed by atoms with Crippen LogP contribution in [0.5, 0.6) is 0 Å². The van der Waals surface area contributed by atoms with E-state index in [2.05, 4.69) is 52.9 Å². The summed E-state index contributed by atoms with van der Waals surface area (Å²) in [6, 6.07) is 12.4. The van der Waals surface area contributed by atoms with Gasteiger partial charge in [0.05, 0.1) is 10.6 Å². The van der Waals surface area contributed by atoms with Gasteiger partial charge in [0.25, 0.3) is 0 Å². The van der Waals surface area contributed by atoms with E-state index in [-0.39, 0.29) is 23.7 Å². The van der Waals surface area contributed by atoms with Crippen molar-refractivity contribution in [1.82, 2.24) is 4.98 Å². The molecule has 3 rings (SSSR count). The van der Waals surface area contributed by atoms with Crippen molar-refractivity contribution in [2.24, 2.45) is 0 Å². The number of ketones is 2. The molecule has 146 valence electrons. The van der Waals surface area contributed by atoms with Gasteiger partial charge in [-0.1, -0.05) is 35.9 Å². The number of nitrogens with two attached hydrogens (primary N) is 1. The lowest BCUT2D eigenvalue weighted by Gasteiger charge is -2.19. The minimum absolute atomic E-state index is 0.0155. The summed E-state index contributed by atoms with van der Waals surface area (Å²) in [6.07, 6.45) is 0. The second-order valence-electron chi connectivity index (χ2n) is 7.43. The first-order valence-electron chi connectivity index (χ1n) is 9.48. The molecule has 0 saturated carbocycles. The van der Waals surface area contributed by atoms with Gasteiger partial charge in [0.1, 0.15) is 12.1 Å². The highest BCUT2D eigenvalue weighted by Crippen LogP contribution is 2.24. The van der Waals surface area contributed by atoms with Crippen LogP contribution in [-0.4, -0.2) is 22.6 Å². The van der Waals surface area contributed by atoms with Gasteiger partial charge < -0.3 is 10.3 Å². The van der Waals surface area contributed by atoms with Crippen LogP contribution in [0.2, 0.25) is 0 Å². The van der Waals surface area contributed by atoms with Crippen LogP contribution in [0, 0.1) is 20.8 Å². The molecule has 2 heterocycles. The molecule has 2 aromatic heterocycles. The topological polar surface area (TPSA) is 66.5 Å². The molecule has 5 heteroatoms. The SMILES string of the molecule is CC(=O)c1c(C)[nH]c(C(=O)[C@H](C)[NH2+][C@@H](c2ccc(C)cc2)c2cccs2)c1C. The Morgan fingerprint density at radius 3 is 2.29 bits per heavy atom. The van der Waals surface area contributed by atoms with Gasteiger partial charge in [0.2, 0.25) is 5.78 Å². The summed E-state index contributed by atoms with van der Waals surface area (Å²) in [5.41, 5.74) is 5.07. The van der Waals surface area contributed by atoms with Gasteiger partial charge in [-0.05, 0) is 51.6 Å². The molecular weight excluding hydrogens is 368 g/mol. The zero-order valence-electron chi connectivity index (χ0n) is 17.0. The van der Waals surface area contributed by atoms with Crippen LogP contribution in [0.1, 0.15) is 68.0 Å². The maximum atomic E-state index is 13.2. The van der Waals surface area contributed by atoms with Crippen molar-refractivity contribution in [3.63, 3.8) is 0 Å². The van der Waals surface area contributed by atoms with Gasteiger partial charge in [0.15, 0.2) is 5.78 Å². The van der Waals surface area contributed by atoms with Crippen LogP contribution >= 0.6 is 11.3 Å². The summed E-state index contributed by atoms with van der Waals surface area (Å²) in [5, 5.41) is 4.18. The van der Waals surface area contributed by atoms with Gasteiger partial charge >= 0.3 is 0 Å². The number of hydrogen-bond acceptors (Lipinski definition) is 3. The lowest BCUT2D eigenvalue weighted by Crippen LogP contribution is -2.92. The first-order valence-corrected chi connectivity index (χ1v) is 10.4. The van der Waals surface area contributed by atoms with Gasteiger partial charge in [-0.2, -0.15) is 0 Å². The van der Waals surface area contributed by atoms with Gasteiger partial charge in [-0.3, -0.25) is 9.59 Å². The Labute approximate surface area is 170 Å². The van der Waals surface area contributed by atoms with E-state index in [1.54, 1.807) is 11.3 Å². The first kappa shape index (κ1) is 20.2. The standard InChI is InChI=1S/C23H26N2O2S/c1-13-8-10-18(11-9-13)22(19-7-6-12-28-19)25-16(4)23(27)21-14(2)20(17(5)26)15(3)24-21/h6-12,16,22,24-25H,1-5H3/p+1/t16-,22-/m0/s1. The first-order chi connectivity index (χ1) is 13.3. The molecule has 0 fully saturated rings. The highest BCUT2D eigenvalue weighted by molar-refractivity contribution is 7.10. The van der Waals surface area contributed by atoms with Gasteiger partial charge in [-0.15, -0.1) is 11.3 Å². The summed E-state index contributed by atoms with van der Waals surface area (Å²) < 4.78 is 0. The lowest BCUT2D eigenvalue weighted by atomic mass is 10.00. The quantitative estimate of drug-likeness (QED) is 0.591. The van der Waals surface area contributed by atoms with Crippen LogP contribution in [0.3, 0.4) is 0 Å². The molecule has 0 saturated heterocycles. The third-order valence-corrected chi connectivity index (χ3v) is 6.17. The van der Waals surface area contributed by atoms with Crippen molar-refractivity contribution in [2.75, 3.05) is 0 Å². The van der Waals surface area contributed by atoms with Crippen LogP contribution < -0.4 is 5.32 Å². The maximum Gasteiger partial charge on any atom is 0.235 e. The maximum absolute atomic E-state index is 13.2. The number of aromatic nitrogens is 1. The Morgan fingerprint density at radius 2 is 1.75 bits per heavy atom. The highest BCUT2D eigenvalue weighted by atomic mass is 32.1.